The zero-order chi connectivity index (χ0) is 27.5. The lowest BCUT2D eigenvalue weighted by Crippen LogP contribution is -2.57. The Kier molecular flexibility index (Phi) is 11.9. The molecule has 2 amide bonds. The van der Waals surface area contributed by atoms with Gasteiger partial charge < -0.3 is 35.7 Å². The molecule has 1 saturated heterocycles. The molecule has 11 nitrogen and oxygen atoms in total. The van der Waals surface area contributed by atoms with Crippen molar-refractivity contribution in [2.45, 2.75) is 43.2 Å². The number of carbonyl (C=O) groups is 4. The number of nitrogens with two attached hydrogens (primary N) is 1. The van der Waals surface area contributed by atoms with Gasteiger partial charge in [0.2, 0.25) is 11.8 Å². The molecule has 1 aromatic carbocycles. The maximum Gasteiger partial charge on any atom is 0.490 e. The van der Waals surface area contributed by atoms with Gasteiger partial charge in [0.25, 0.3) is 0 Å². The van der Waals surface area contributed by atoms with E-state index >= 15 is 0 Å². The number of methoxy groups -OCH3 is 2. The maximum absolute atomic E-state index is 12.9. The third kappa shape index (κ3) is 10.3. The van der Waals surface area contributed by atoms with Crippen molar-refractivity contribution in [3.05, 3.63) is 35.9 Å². The van der Waals surface area contributed by atoms with Gasteiger partial charge in [0.15, 0.2) is 5.78 Å². The second kappa shape index (κ2) is 13.9. The number of carboxylic acids is 1. The lowest BCUT2D eigenvalue weighted by Gasteiger charge is -2.24. The molecule has 1 aromatic rings. The number of hydrogen-bond donors (Lipinski definition) is 4. The van der Waals surface area contributed by atoms with Crippen molar-refractivity contribution in [3.63, 3.8) is 0 Å². The highest BCUT2D eigenvalue weighted by molar-refractivity contribution is 5.98. The lowest BCUT2D eigenvalue weighted by molar-refractivity contribution is -0.192. The summed E-state index contributed by atoms with van der Waals surface area (Å²) in [5.41, 5.74) is 5.71. The van der Waals surface area contributed by atoms with E-state index in [-0.39, 0.29) is 19.0 Å². The number of rotatable bonds is 12. The fourth-order valence-corrected chi connectivity index (χ4v) is 2.83. The van der Waals surface area contributed by atoms with E-state index < -0.39 is 47.7 Å². The van der Waals surface area contributed by atoms with Crippen LogP contribution in [0.2, 0.25) is 0 Å². The number of halogens is 3. The molecule has 36 heavy (non-hydrogen) atoms. The van der Waals surface area contributed by atoms with Crippen LogP contribution in [0.1, 0.15) is 12.5 Å². The van der Waals surface area contributed by atoms with Crippen LogP contribution in [0, 0.1) is 0 Å². The number of epoxide rings is 1. The molecule has 0 unspecified atom stereocenters. The van der Waals surface area contributed by atoms with Crippen LogP contribution >= 0.6 is 0 Å². The van der Waals surface area contributed by atoms with E-state index in [1.165, 1.54) is 14.2 Å². The van der Waals surface area contributed by atoms with Gasteiger partial charge in [-0.05, 0) is 18.9 Å². The summed E-state index contributed by atoms with van der Waals surface area (Å²) in [5, 5.41) is 12.4. The minimum absolute atomic E-state index is 0.0119. The van der Waals surface area contributed by atoms with E-state index in [1.54, 1.807) is 6.92 Å². The molecule has 0 aliphatic carbocycles. The third-order valence-electron chi connectivity index (χ3n) is 4.91. The molecule has 1 aliphatic rings. The predicted molar refractivity (Wildman–Crippen MR) is 119 cm³/mol. The first-order chi connectivity index (χ1) is 16.7. The van der Waals surface area contributed by atoms with Gasteiger partial charge in [0.05, 0.1) is 25.9 Å². The van der Waals surface area contributed by atoms with Gasteiger partial charge in [-0.25, -0.2) is 4.79 Å². The summed E-state index contributed by atoms with van der Waals surface area (Å²) in [6.45, 7) is 1.95. The van der Waals surface area contributed by atoms with Crippen LogP contribution in [0.4, 0.5) is 13.2 Å². The summed E-state index contributed by atoms with van der Waals surface area (Å²) >= 11 is 0. The average molecular weight is 521 g/mol. The molecule has 14 heteroatoms. The Bertz CT molecular complexity index is 894. The second-order valence-electron chi connectivity index (χ2n) is 8.02. The summed E-state index contributed by atoms with van der Waals surface area (Å²) in [6, 6.07) is 6.61. The van der Waals surface area contributed by atoms with Crippen LogP contribution in [-0.4, -0.2) is 92.6 Å². The fraction of sp³-hybridized carbons (Fsp3) is 0.545. The van der Waals surface area contributed by atoms with Crippen molar-refractivity contribution >= 4 is 23.6 Å². The topological polar surface area (TPSA) is 170 Å². The van der Waals surface area contributed by atoms with Crippen LogP contribution in [-0.2, 0) is 39.8 Å². The number of alkyl halides is 3. The van der Waals surface area contributed by atoms with Crippen molar-refractivity contribution in [1.82, 2.24) is 10.6 Å². The zero-order valence-corrected chi connectivity index (χ0v) is 20.0. The SMILES string of the molecule is COC[C@H](NC(=O)[C@@H](N)COC)C(=O)N[C@@H](Cc1ccccc1)C(=O)[C@@]1(C)CO1.O=C(O)C(F)(F)F. The second-order valence-corrected chi connectivity index (χ2v) is 8.02. The van der Waals surface area contributed by atoms with Gasteiger partial charge in [-0.3, -0.25) is 14.4 Å². The molecular formula is C22H30F3N3O8. The van der Waals surface area contributed by atoms with Gasteiger partial charge >= 0.3 is 12.1 Å². The molecule has 1 fully saturated rings. The standard InChI is InChI=1S/C20H29N3O6.C2HF3O2/c1-20(12-29-20)17(24)15(9-13-7-5-4-6-8-13)22-19(26)16(11-28-3)23-18(25)14(21)10-27-2;3-2(4,5)1(6)7/h4-8,14-16H,9-12,21H2,1-3H3,(H,22,26)(H,23,25);(H,6,7)/t14-,15-,16-,20+;/m0./s1. The molecule has 0 radical (unpaired) electrons. The Labute approximate surface area is 205 Å². The molecule has 5 N–H and O–H groups in total. The number of carboxylic acid groups (broad SMARTS) is 1. The number of carbonyl (C=O) groups excluding carboxylic acids is 3. The van der Waals surface area contributed by atoms with Crippen LogP contribution in [0.15, 0.2) is 30.3 Å². The number of benzene rings is 1. The first kappa shape index (κ1) is 31.0. The number of hydrogen-bond acceptors (Lipinski definition) is 8. The molecular weight excluding hydrogens is 491 g/mol. The molecule has 1 heterocycles. The van der Waals surface area contributed by atoms with Gasteiger partial charge in [-0.2, -0.15) is 13.2 Å². The van der Waals surface area contributed by atoms with Crippen molar-refractivity contribution in [2.75, 3.05) is 34.0 Å². The van der Waals surface area contributed by atoms with E-state index in [9.17, 15) is 27.6 Å². The van der Waals surface area contributed by atoms with E-state index in [0.29, 0.717) is 13.0 Å². The molecule has 2 rings (SSSR count). The van der Waals surface area contributed by atoms with Crippen molar-refractivity contribution < 1.29 is 51.7 Å². The number of nitrogens with one attached hydrogen (secondary N) is 2. The summed E-state index contributed by atoms with van der Waals surface area (Å²) in [7, 11) is 2.83. The number of ketones is 1. The summed E-state index contributed by atoms with van der Waals surface area (Å²) < 4.78 is 46.9. The molecule has 0 saturated carbocycles. The van der Waals surface area contributed by atoms with Gasteiger partial charge in [0.1, 0.15) is 17.7 Å². The van der Waals surface area contributed by atoms with Gasteiger partial charge in [-0.1, -0.05) is 30.3 Å². The van der Waals surface area contributed by atoms with Crippen molar-refractivity contribution in [1.29, 1.82) is 0 Å². The first-order valence-electron chi connectivity index (χ1n) is 10.6. The minimum atomic E-state index is -5.08. The average Bonchev–Trinajstić information content (AvgIpc) is 3.56. The molecule has 4 atom stereocenters. The summed E-state index contributed by atoms with van der Waals surface area (Å²) in [5.74, 6) is -4.06. The number of aliphatic carboxylic acids is 1. The van der Waals surface area contributed by atoms with Crippen molar-refractivity contribution in [3.8, 4) is 0 Å². The predicted octanol–water partition coefficient (Wildman–Crippen LogP) is -0.190. The van der Waals surface area contributed by atoms with Crippen molar-refractivity contribution in [2.24, 2.45) is 5.73 Å². The smallest absolute Gasteiger partial charge is 0.475 e. The van der Waals surface area contributed by atoms with Gasteiger partial charge in [0, 0.05) is 14.2 Å². The van der Waals surface area contributed by atoms with Crippen LogP contribution < -0.4 is 16.4 Å². The fourth-order valence-electron chi connectivity index (χ4n) is 2.83. The quantitative estimate of drug-likeness (QED) is 0.272. The van der Waals surface area contributed by atoms with E-state index in [1.807, 2.05) is 30.3 Å². The Morgan fingerprint density at radius 1 is 1.06 bits per heavy atom. The summed E-state index contributed by atoms with van der Waals surface area (Å²) in [6.07, 6.45) is -4.78. The largest absolute Gasteiger partial charge is 0.490 e. The van der Waals surface area contributed by atoms with E-state index in [0.717, 1.165) is 5.56 Å². The molecule has 0 spiro atoms. The van der Waals surface area contributed by atoms with E-state index in [4.69, 9.17) is 29.8 Å². The van der Waals surface area contributed by atoms with Crippen LogP contribution in [0.5, 0.6) is 0 Å². The number of Topliss-reactive ketones (excluding diaryl/α,β-unsaturated/α-hetero) is 1. The number of ether oxygens (including phenoxy) is 3. The molecule has 1 aliphatic heterocycles. The van der Waals surface area contributed by atoms with E-state index in [2.05, 4.69) is 10.6 Å². The van der Waals surface area contributed by atoms with Crippen LogP contribution in [0.3, 0.4) is 0 Å². The maximum atomic E-state index is 12.9. The third-order valence-corrected chi connectivity index (χ3v) is 4.91. The van der Waals surface area contributed by atoms with Crippen LogP contribution in [0.25, 0.3) is 0 Å². The number of amides is 2. The molecule has 0 bridgehead atoms. The zero-order valence-electron chi connectivity index (χ0n) is 20.0. The first-order valence-corrected chi connectivity index (χ1v) is 10.6. The lowest BCUT2D eigenvalue weighted by atomic mass is 9.94. The molecule has 0 aromatic heterocycles. The van der Waals surface area contributed by atoms with Gasteiger partial charge in [-0.15, -0.1) is 0 Å². The Morgan fingerprint density at radius 2 is 1.56 bits per heavy atom. The summed E-state index contributed by atoms with van der Waals surface area (Å²) in [4.78, 5) is 46.8. The Balaban J connectivity index is 0.000000809. The normalized spacial score (nSPS) is 19.1. The minimum Gasteiger partial charge on any atom is -0.475 e. The Morgan fingerprint density at radius 3 is 2.00 bits per heavy atom. The molecule has 202 valence electrons. The highest BCUT2D eigenvalue weighted by atomic mass is 19.4. The highest BCUT2D eigenvalue weighted by Gasteiger charge is 2.50. The highest BCUT2D eigenvalue weighted by Crippen LogP contribution is 2.29. The monoisotopic (exact) mass is 521 g/mol. The Hall–Kier alpha value is -3.07.